The van der Waals surface area contributed by atoms with Crippen molar-refractivity contribution in [2.75, 3.05) is 0 Å². The van der Waals surface area contributed by atoms with E-state index in [1.165, 1.54) is 0 Å². The highest BCUT2D eigenvalue weighted by molar-refractivity contribution is 6.03. The van der Waals surface area contributed by atoms with E-state index in [2.05, 4.69) is 19.4 Å². The Morgan fingerprint density at radius 3 is 2.91 bits per heavy atom. The lowest BCUT2D eigenvalue weighted by Crippen LogP contribution is -2.08. The largest absolute Gasteiger partial charge is 0.324 e. The molecule has 2 heterocycles. The molecule has 0 saturated heterocycles. The van der Waals surface area contributed by atoms with Gasteiger partial charge in [0, 0.05) is 11.4 Å². The fourth-order valence-electron chi connectivity index (χ4n) is 3.54. The van der Waals surface area contributed by atoms with Crippen molar-refractivity contribution in [2.24, 2.45) is 0 Å². The van der Waals surface area contributed by atoms with E-state index in [1.54, 1.807) is 12.3 Å². The molecule has 0 N–H and O–H groups in total. The number of aromatic nitrogens is 3. The molecular formula is C17H15FN4. The lowest BCUT2D eigenvalue weighted by molar-refractivity contribution is 0.331. The number of imidazole rings is 1. The number of hydrogen-bond donors (Lipinski definition) is 0. The number of rotatable bonds is 1. The molecule has 0 amide bonds. The summed E-state index contributed by atoms with van der Waals surface area (Å²) in [6, 6.07) is 5.63. The van der Waals surface area contributed by atoms with Crippen molar-refractivity contribution in [2.45, 2.75) is 38.4 Å². The van der Waals surface area contributed by atoms with Crippen LogP contribution in [0.15, 0.2) is 24.4 Å². The fourth-order valence-corrected chi connectivity index (χ4v) is 3.54. The Bertz CT molecular complexity index is 922. The summed E-state index contributed by atoms with van der Waals surface area (Å²) in [4.78, 5) is 12.5. The number of alkyl halides is 1. The summed E-state index contributed by atoms with van der Waals surface area (Å²) >= 11 is 0. The van der Waals surface area contributed by atoms with Crippen LogP contribution in [0.2, 0.25) is 0 Å². The highest BCUT2D eigenvalue weighted by atomic mass is 19.1. The summed E-state index contributed by atoms with van der Waals surface area (Å²) in [5.41, 5.74) is 3.22. The van der Waals surface area contributed by atoms with Crippen molar-refractivity contribution < 1.29 is 4.39 Å². The highest BCUT2D eigenvalue weighted by Gasteiger charge is 2.28. The number of fused-ring (bicyclic) bond motifs is 3. The first kappa shape index (κ1) is 13.2. The maximum Gasteiger partial charge on any atom is 0.188 e. The van der Waals surface area contributed by atoms with E-state index < -0.39 is 6.17 Å². The number of pyridine rings is 1. The Hall–Kier alpha value is -2.48. The van der Waals surface area contributed by atoms with Gasteiger partial charge in [0.15, 0.2) is 5.69 Å². The number of hydrogen-bond acceptors (Lipinski definition) is 2. The number of halogens is 1. The minimum Gasteiger partial charge on any atom is -0.324 e. The quantitative estimate of drug-likeness (QED) is 0.619. The average Bonchev–Trinajstić information content (AvgIpc) is 3.09. The summed E-state index contributed by atoms with van der Waals surface area (Å²) in [5, 5.41) is 0.925. The van der Waals surface area contributed by atoms with Gasteiger partial charge in [0.2, 0.25) is 0 Å². The standard InChI is InChI=1S/C17H15FN4/c1-10-21-16-9-20-15-6-4-12(19-2)8-14(15)17(16)22(10)13-5-3-11(18)7-13/h4,6,8-9,11,13H,3,5,7H2,1H3/t11-,13+/m1/s1. The van der Waals surface area contributed by atoms with Gasteiger partial charge in [-0.2, -0.15) is 0 Å². The number of benzene rings is 1. The molecule has 22 heavy (non-hydrogen) atoms. The number of nitrogens with zero attached hydrogens (tertiary/aromatic N) is 4. The molecule has 4 nitrogen and oxygen atoms in total. The molecule has 0 unspecified atom stereocenters. The monoisotopic (exact) mass is 294 g/mol. The molecule has 0 aliphatic heterocycles. The van der Waals surface area contributed by atoms with Gasteiger partial charge >= 0.3 is 0 Å². The van der Waals surface area contributed by atoms with Crippen molar-refractivity contribution in [1.29, 1.82) is 0 Å². The van der Waals surface area contributed by atoms with Crippen LogP contribution in [0.3, 0.4) is 0 Å². The zero-order chi connectivity index (χ0) is 15.3. The fraction of sp³-hybridized carbons (Fsp3) is 0.353. The van der Waals surface area contributed by atoms with Gasteiger partial charge in [-0.05, 0) is 38.3 Å². The van der Waals surface area contributed by atoms with Gasteiger partial charge in [0.25, 0.3) is 0 Å². The molecular weight excluding hydrogens is 279 g/mol. The van der Waals surface area contributed by atoms with Crippen LogP contribution in [0.1, 0.15) is 31.1 Å². The summed E-state index contributed by atoms with van der Waals surface area (Å²) in [6.45, 7) is 9.17. The second kappa shape index (κ2) is 4.77. The van der Waals surface area contributed by atoms with Gasteiger partial charge in [0.1, 0.15) is 17.5 Å². The zero-order valence-corrected chi connectivity index (χ0v) is 12.3. The van der Waals surface area contributed by atoms with Crippen LogP contribution >= 0.6 is 0 Å². The van der Waals surface area contributed by atoms with E-state index in [9.17, 15) is 4.39 Å². The van der Waals surface area contributed by atoms with Crippen molar-refractivity contribution in [3.63, 3.8) is 0 Å². The molecule has 1 fully saturated rings. The second-order valence-electron chi connectivity index (χ2n) is 5.90. The first-order valence-corrected chi connectivity index (χ1v) is 7.46. The second-order valence-corrected chi connectivity index (χ2v) is 5.90. The maximum absolute atomic E-state index is 13.6. The van der Waals surface area contributed by atoms with Crippen LogP contribution < -0.4 is 0 Å². The average molecular weight is 294 g/mol. The lowest BCUT2D eigenvalue weighted by atomic mass is 10.1. The van der Waals surface area contributed by atoms with E-state index in [0.29, 0.717) is 18.5 Å². The maximum atomic E-state index is 13.6. The van der Waals surface area contributed by atoms with Crippen molar-refractivity contribution in [1.82, 2.24) is 14.5 Å². The minimum absolute atomic E-state index is 0.141. The van der Waals surface area contributed by atoms with Crippen molar-refractivity contribution in [3.8, 4) is 0 Å². The molecule has 0 bridgehead atoms. The Balaban J connectivity index is 2.05. The molecule has 1 aliphatic rings. The molecule has 2 atom stereocenters. The first-order valence-electron chi connectivity index (χ1n) is 7.46. The Kier molecular flexibility index (Phi) is 2.86. The topological polar surface area (TPSA) is 35.1 Å². The molecule has 110 valence electrons. The molecule has 0 spiro atoms. The predicted octanol–water partition coefficient (Wildman–Crippen LogP) is 4.51. The molecule has 4 rings (SSSR count). The third-order valence-corrected chi connectivity index (χ3v) is 4.51. The molecule has 0 radical (unpaired) electrons. The lowest BCUT2D eigenvalue weighted by Gasteiger charge is -2.15. The van der Waals surface area contributed by atoms with E-state index in [-0.39, 0.29) is 6.04 Å². The third kappa shape index (κ3) is 1.87. The van der Waals surface area contributed by atoms with Crippen LogP contribution in [0.25, 0.3) is 26.8 Å². The molecule has 2 aromatic heterocycles. The van der Waals surface area contributed by atoms with Gasteiger partial charge in [-0.25, -0.2) is 14.2 Å². The molecule has 5 heteroatoms. The van der Waals surface area contributed by atoms with Gasteiger partial charge in [-0.3, -0.25) is 4.98 Å². The van der Waals surface area contributed by atoms with Crippen LogP contribution in [0.4, 0.5) is 10.1 Å². The summed E-state index contributed by atoms with van der Waals surface area (Å²) in [5.74, 6) is 0.886. The SMILES string of the molecule is [C-]#[N+]c1ccc2ncc3nc(C)n([C@H]4CC[C@@H](F)C4)c3c2c1. The zero-order valence-electron chi connectivity index (χ0n) is 12.3. The summed E-state index contributed by atoms with van der Waals surface area (Å²) in [6.07, 6.45) is 3.02. The van der Waals surface area contributed by atoms with Crippen LogP contribution in [-0.4, -0.2) is 20.7 Å². The van der Waals surface area contributed by atoms with Crippen LogP contribution in [0.5, 0.6) is 0 Å². The Labute approximate surface area is 127 Å². The molecule has 1 aromatic carbocycles. The van der Waals surface area contributed by atoms with Gasteiger partial charge in [0.05, 0.1) is 23.8 Å². The normalized spacial score (nSPS) is 21.5. The first-order chi connectivity index (χ1) is 10.7. The smallest absolute Gasteiger partial charge is 0.188 e. The van der Waals surface area contributed by atoms with E-state index in [1.807, 2.05) is 19.1 Å². The Morgan fingerprint density at radius 1 is 1.32 bits per heavy atom. The van der Waals surface area contributed by atoms with E-state index in [0.717, 1.165) is 34.2 Å². The van der Waals surface area contributed by atoms with Crippen molar-refractivity contribution >= 4 is 27.6 Å². The van der Waals surface area contributed by atoms with E-state index >= 15 is 0 Å². The van der Waals surface area contributed by atoms with Gasteiger partial charge in [-0.15, -0.1) is 0 Å². The van der Waals surface area contributed by atoms with Gasteiger partial charge in [-0.1, -0.05) is 6.07 Å². The third-order valence-electron chi connectivity index (χ3n) is 4.51. The van der Waals surface area contributed by atoms with Crippen molar-refractivity contribution in [3.05, 3.63) is 41.6 Å². The Morgan fingerprint density at radius 2 is 2.18 bits per heavy atom. The highest BCUT2D eigenvalue weighted by Crippen LogP contribution is 2.37. The van der Waals surface area contributed by atoms with Gasteiger partial charge < -0.3 is 4.57 Å². The predicted molar refractivity (Wildman–Crippen MR) is 83.8 cm³/mol. The molecule has 3 aromatic rings. The summed E-state index contributed by atoms with van der Waals surface area (Å²) < 4.78 is 15.8. The van der Waals surface area contributed by atoms with E-state index in [4.69, 9.17) is 6.57 Å². The molecule has 1 aliphatic carbocycles. The molecule has 1 saturated carbocycles. The minimum atomic E-state index is -0.728. The van der Waals surface area contributed by atoms with Crippen LogP contribution in [-0.2, 0) is 0 Å². The summed E-state index contributed by atoms with van der Waals surface area (Å²) in [7, 11) is 0. The number of aryl methyl sites for hydroxylation is 1. The van der Waals surface area contributed by atoms with Crippen LogP contribution in [0, 0.1) is 13.5 Å².